The fraction of sp³-hybridized carbons (Fsp3) is 0.500. The van der Waals surface area contributed by atoms with Crippen LogP contribution in [0.4, 0.5) is 11.5 Å². The Morgan fingerprint density at radius 3 is 2.62 bits per heavy atom. The molecule has 0 aromatic carbocycles. The minimum absolute atomic E-state index is 0.222. The molecule has 1 heterocycles. The van der Waals surface area contributed by atoms with Gasteiger partial charge in [0, 0.05) is 17.1 Å². The Labute approximate surface area is 99.0 Å². The first kappa shape index (κ1) is 13.0. The number of hydrogen-bond acceptors (Lipinski definition) is 5. The van der Waals surface area contributed by atoms with Crippen LogP contribution in [0.2, 0.25) is 0 Å². The van der Waals surface area contributed by atoms with Crippen LogP contribution in [0.5, 0.6) is 0 Å². The van der Waals surface area contributed by atoms with E-state index in [9.17, 15) is 10.2 Å². The van der Waals surface area contributed by atoms with E-state index in [1.54, 1.807) is 6.92 Å². The van der Waals surface area contributed by atoms with E-state index in [0.717, 1.165) is 0 Å². The number of nitrogens with zero attached hydrogens (tertiary/aromatic N) is 1. The molecule has 90 valence electrons. The van der Waals surface area contributed by atoms with Crippen LogP contribution in [-0.4, -0.2) is 27.2 Å². The molecule has 0 bridgehead atoms. The van der Waals surface area contributed by atoms with Crippen LogP contribution in [0.1, 0.15) is 23.8 Å². The fourth-order valence-electron chi connectivity index (χ4n) is 1.43. The number of anilines is 2. The molecule has 0 aliphatic rings. The highest BCUT2D eigenvalue weighted by molar-refractivity contribution is 6.17. The Morgan fingerprint density at radius 2 is 2.06 bits per heavy atom. The van der Waals surface area contributed by atoms with Crippen molar-refractivity contribution in [3.8, 4) is 0 Å². The SMILES string of the molecule is Cc1nc(N)c(N)cc1C(O)C(O)CCCl. The molecule has 1 rings (SSSR count). The molecule has 0 fully saturated rings. The lowest BCUT2D eigenvalue weighted by molar-refractivity contribution is 0.0164. The van der Waals surface area contributed by atoms with Gasteiger partial charge in [0.2, 0.25) is 0 Å². The smallest absolute Gasteiger partial charge is 0.146 e. The highest BCUT2D eigenvalue weighted by atomic mass is 35.5. The second-order valence-electron chi connectivity index (χ2n) is 3.63. The maximum absolute atomic E-state index is 9.87. The number of nitrogen functional groups attached to an aromatic ring is 2. The van der Waals surface area contributed by atoms with Gasteiger partial charge in [-0.3, -0.25) is 0 Å². The summed E-state index contributed by atoms with van der Waals surface area (Å²) >= 11 is 5.49. The summed E-state index contributed by atoms with van der Waals surface area (Å²) in [5, 5.41) is 19.5. The van der Waals surface area contributed by atoms with Crippen molar-refractivity contribution >= 4 is 23.1 Å². The minimum Gasteiger partial charge on any atom is -0.396 e. The predicted molar refractivity (Wildman–Crippen MR) is 64.1 cm³/mol. The number of nitrogens with two attached hydrogens (primary N) is 2. The van der Waals surface area contributed by atoms with Gasteiger partial charge in [-0.2, -0.15) is 0 Å². The normalized spacial score (nSPS) is 14.8. The van der Waals surface area contributed by atoms with E-state index in [-0.39, 0.29) is 17.4 Å². The van der Waals surface area contributed by atoms with Gasteiger partial charge in [0.15, 0.2) is 0 Å². The summed E-state index contributed by atoms with van der Waals surface area (Å²) in [4.78, 5) is 3.99. The van der Waals surface area contributed by atoms with Gasteiger partial charge < -0.3 is 21.7 Å². The van der Waals surface area contributed by atoms with Crippen molar-refractivity contribution in [1.82, 2.24) is 4.98 Å². The zero-order chi connectivity index (χ0) is 12.3. The Hall–Kier alpha value is -1.04. The summed E-state index contributed by atoms with van der Waals surface area (Å²) < 4.78 is 0. The van der Waals surface area contributed by atoms with Crippen molar-refractivity contribution < 1.29 is 10.2 Å². The summed E-state index contributed by atoms with van der Waals surface area (Å²) in [5.74, 6) is 0.495. The van der Waals surface area contributed by atoms with E-state index in [2.05, 4.69) is 4.98 Å². The molecule has 0 spiro atoms. The van der Waals surface area contributed by atoms with E-state index < -0.39 is 12.2 Å². The highest BCUT2D eigenvalue weighted by Crippen LogP contribution is 2.25. The van der Waals surface area contributed by atoms with Gasteiger partial charge in [0.1, 0.15) is 11.9 Å². The Bertz CT molecular complexity index is 373. The van der Waals surface area contributed by atoms with Crippen LogP contribution in [-0.2, 0) is 0 Å². The van der Waals surface area contributed by atoms with E-state index in [4.69, 9.17) is 23.1 Å². The van der Waals surface area contributed by atoms with Crippen LogP contribution < -0.4 is 11.5 Å². The molecule has 6 N–H and O–H groups in total. The highest BCUT2D eigenvalue weighted by Gasteiger charge is 2.21. The van der Waals surface area contributed by atoms with E-state index in [1.165, 1.54) is 6.07 Å². The van der Waals surface area contributed by atoms with Crippen molar-refractivity contribution in [3.05, 3.63) is 17.3 Å². The van der Waals surface area contributed by atoms with Crippen LogP contribution in [0.25, 0.3) is 0 Å². The second kappa shape index (κ2) is 5.34. The Balaban J connectivity index is 2.99. The molecule has 16 heavy (non-hydrogen) atoms. The average Bonchev–Trinajstić information content (AvgIpc) is 2.23. The van der Waals surface area contributed by atoms with Gasteiger partial charge in [-0.15, -0.1) is 11.6 Å². The number of aromatic nitrogens is 1. The molecule has 0 aliphatic carbocycles. The first-order valence-corrected chi connectivity index (χ1v) is 5.45. The largest absolute Gasteiger partial charge is 0.396 e. The van der Waals surface area contributed by atoms with E-state index in [0.29, 0.717) is 17.7 Å². The van der Waals surface area contributed by atoms with Crippen molar-refractivity contribution in [3.63, 3.8) is 0 Å². The summed E-state index contributed by atoms with van der Waals surface area (Å²) in [5.41, 5.74) is 12.4. The molecule has 0 saturated carbocycles. The molecule has 0 amide bonds. The second-order valence-corrected chi connectivity index (χ2v) is 4.01. The molecule has 1 aromatic rings. The van der Waals surface area contributed by atoms with E-state index in [1.807, 2.05) is 0 Å². The third-order valence-electron chi connectivity index (χ3n) is 2.40. The number of aryl methyl sites for hydroxylation is 1. The fourth-order valence-corrected chi connectivity index (χ4v) is 1.66. The summed E-state index contributed by atoms with van der Waals surface area (Å²) in [6.07, 6.45) is -1.68. The first-order chi connectivity index (χ1) is 7.47. The molecule has 2 atom stereocenters. The lowest BCUT2D eigenvalue weighted by Crippen LogP contribution is -2.20. The molecular formula is C10H16ClN3O2. The maximum Gasteiger partial charge on any atom is 0.146 e. The Morgan fingerprint density at radius 1 is 1.44 bits per heavy atom. The molecule has 0 saturated heterocycles. The number of hydrogen-bond donors (Lipinski definition) is 4. The molecule has 0 aliphatic heterocycles. The van der Waals surface area contributed by atoms with Crippen molar-refractivity contribution in [2.75, 3.05) is 17.3 Å². The van der Waals surface area contributed by atoms with Crippen LogP contribution in [0.3, 0.4) is 0 Å². The molecule has 5 nitrogen and oxygen atoms in total. The number of alkyl halides is 1. The summed E-state index contributed by atoms with van der Waals surface area (Å²) in [6.45, 7) is 1.70. The third-order valence-corrected chi connectivity index (χ3v) is 2.62. The average molecular weight is 246 g/mol. The predicted octanol–water partition coefficient (Wildman–Crippen LogP) is 0.578. The molecule has 1 aromatic heterocycles. The number of pyridine rings is 1. The van der Waals surface area contributed by atoms with Crippen LogP contribution in [0.15, 0.2) is 6.07 Å². The standard InChI is InChI=1S/C10H16ClN3O2/c1-5-6(4-7(12)10(13)14-5)9(16)8(15)2-3-11/h4,8-9,15-16H,2-3,12H2,1H3,(H2,13,14). The van der Waals surface area contributed by atoms with Gasteiger partial charge in [-0.1, -0.05) is 0 Å². The lowest BCUT2D eigenvalue weighted by atomic mass is 10.0. The van der Waals surface area contributed by atoms with Crippen molar-refractivity contribution in [2.45, 2.75) is 25.6 Å². The van der Waals surface area contributed by atoms with Crippen LogP contribution >= 0.6 is 11.6 Å². The zero-order valence-electron chi connectivity index (χ0n) is 9.02. The summed E-state index contributed by atoms with van der Waals surface area (Å²) in [6, 6.07) is 1.53. The number of aliphatic hydroxyl groups is 2. The van der Waals surface area contributed by atoms with Crippen LogP contribution in [0, 0.1) is 6.92 Å². The van der Waals surface area contributed by atoms with E-state index >= 15 is 0 Å². The topological polar surface area (TPSA) is 105 Å². The molecule has 6 heteroatoms. The Kier molecular flexibility index (Phi) is 4.35. The monoisotopic (exact) mass is 245 g/mol. The van der Waals surface area contributed by atoms with Crippen molar-refractivity contribution in [1.29, 1.82) is 0 Å². The zero-order valence-corrected chi connectivity index (χ0v) is 9.78. The third kappa shape index (κ3) is 2.75. The van der Waals surface area contributed by atoms with Gasteiger partial charge in [-0.25, -0.2) is 4.98 Å². The number of rotatable bonds is 4. The number of aliphatic hydroxyl groups excluding tert-OH is 2. The molecular weight excluding hydrogens is 230 g/mol. The van der Waals surface area contributed by atoms with Gasteiger partial charge in [-0.05, 0) is 19.4 Å². The van der Waals surface area contributed by atoms with Gasteiger partial charge >= 0.3 is 0 Å². The van der Waals surface area contributed by atoms with Gasteiger partial charge in [0.05, 0.1) is 11.8 Å². The maximum atomic E-state index is 9.87. The lowest BCUT2D eigenvalue weighted by Gasteiger charge is -2.19. The molecule has 0 radical (unpaired) electrons. The molecule has 2 unspecified atom stereocenters. The summed E-state index contributed by atoms with van der Waals surface area (Å²) in [7, 11) is 0. The first-order valence-electron chi connectivity index (χ1n) is 4.92. The number of halogens is 1. The van der Waals surface area contributed by atoms with Crippen molar-refractivity contribution in [2.24, 2.45) is 0 Å². The quantitative estimate of drug-likeness (QED) is 0.581. The van der Waals surface area contributed by atoms with Gasteiger partial charge in [0.25, 0.3) is 0 Å². The minimum atomic E-state index is -1.05.